The van der Waals surface area contributed by atoms with Gasteiger partial charge in [-0.25, -0.2) is 22.7 Å². The van der Waals surface area contributed by atoms with Crippen LogP contribution in [0.5, 0.6) is 0 Å². The fourth-order valence-corrected chi connectivity index (χ4v) is 4.70. The molecule has 0 fully saturated rings. The van der Waals surface area contributed by atoms with Gasteiger partial charge in [-0.2, -0.15) is 0 Å². The molecule has 3 aromatic heterocycles. The van der Waals surface area contributed by atoms with Crippen LogP contribution >= 0.6 is 0 Å². The maximum Gasteiger partial charge on any atom is 0.258 e. The van der Waals surface area contributed by atoms with E-state index in [0.717, 1.165) is 25.2 Å². The van der Waals surface area contributed by atoms with Crippen LogP contribution in [0.2, 0.25) is 0 Å². The smallest absolute Gasteiger partial charge is 0.258 e. The average molecular weight is 375 g/mol. The molecule has 1 aliphatic heterocycles. The van der Waals surface area contributed by atoms with Crippen LogP contribution in [-0.4, -0.2) is 46.0 Å². The molecular weight excluding hydrogens is 354 g/mol. The van der Waals surface area contributed by atoms with Crippen molar-refractivity contribution in [1.82, 2.24) is 24.0 Å². The highest BCUT2D eigenvalue weighted by atomic mass is 32.2. The third-order valence-corrected chi connectivity index (χ3v) is 6.76. The van der Waals surface area contributed by atoms with E-state index in [9.17, 15) is 8.42 Å². The number of aromatic nitrogens is 4. The van der Waals surface area contributed by atoms with Gasteiger partial charge in [0.05, 0.1) is 17.3 Å². The van der Waals surface area contributed by atoms with Gasteiger partial charge < -0.3 is 9.09 Å². The number of pyridine rings is 1. The number of hydrogen-bond acceptors (Lipinski definition) is 6. The topological polar surface area (TPSA) is 94.1 Å². The number of nitrogens with zero attached hydrogens (tertiary/aromatic N) is 5. The molecule has 26 heavy (non-hydrogen) atoms. The molecule has 1 aliphatic rings. The first-order valence-corrected chi connectivity index (χ1v) is 10.1. The molecule has 0 aliphatic carbocycles. The van der Waals surface area contributed by atoms with Gasteiger partial charge in [0.2, 0.25) is 10.0 Å². The van der Waals surface area contributed by atoms with E-state index in [2.05, 4.69) is 19.7 Å². The maximum absolute atomic E-state index is 13.0. The Morgan fingerprint density at radius 3 is 3.04 bits per heavy atom. The van der Waals surface area contributed by atoms with E-state index in [0.29, 0.717) is 29.8 Å². The standard InChI is InChI=1S/C17H21N5O3S/c1-3-15-14-8-13(9-19-17(14)25-20-15)26(23,24)21(2)10-12-4-5-16-18-6-7-22(16)11-12/h6-9,12H,3-5,10-11H2,1-2H3/t12-/m1/s1. The van der Waals surface area contributed by atoms with Gasteiger partial charge in [-0.3, -0.25) is 0 Å². The molecule has 4 heterocycles. The van der Waals surface area contributed by atoms with Crippen LogP contribution in [-0.2, 0) is 29.4 Å². The number of sulfonamides is 1. The Morgan fingerprint density at radius 2 is 2.23 bits per heavy atom. The van der Waals surface area contributed by atoms with E-state index in [4.69, 9.17) is 4.52 Å². The summed E-state index contributed by atoms with van der Waals surface area (Å²) in [5.74, 6) is 1.33. The highest BCUT2D eigenvalue weighted by Crippen LogP contribution is 2.25. The van der Waals surface area contributed by atoms with E-state index >= 15 is 0 Å². The summed E-state index contributed by atoms with van der Waals surface area (Å²) in [6.45, 7) is 3.19. The van der Waals surface area contributed by atoms with E-state index in [1.54, 1.807) is 19.3 Å². The lowest BCUT2D eigenvalue weighted by atomic mass is 10.00. The first-order chi connectivity index (χ1) is 12.5. The molecule has 0 bridgehead atoms. The summed E-state index contributed by atoms with van der Waals surface area (Å²) in [6.07, 6.45) is 7.55. The van der Waals surface area contributed by atoms with Crippen molar-refractivity contribution in [3.8, 4) is 0 Å². The Bertz CT molecular complexity index is 1040. The summed E-state index contributed by atoms with van der Waals surface area (Å²) in [5, 5.41) is 4.59. The van der Waals surface area contributed by atoms with Crippen molar-refractivity contribution >= 4 is 21.1 Å². The quantitative estimate of drug-likeness (QED) is 0.676. The van der Waals surface area contributed by atoms with Crippen molar-refractivity contribution in [1.29, 1.82) is 0 Å². The van der Waals surface area contributed by atoms with Crippen molar-refractivity contribution in [2.75, 3.05) is 13.6 Å². The highest BCUT2D eigenvalue weighted by Gasteiger charge is 2.27. The second-order valence-corrected chi connectivity index (χ2v) is 8.74. The Labute approximate surface area is 151 Å². The van der Waals surface area contributed by atoms with E-state index in [-0.39, 0.29) is 10.8 Å². The van der Waals surface area contributed by atoms with E-state index < -0.39 is 10.0 Å². The first kappa shape index (κ1) is 17.2. The predicted molar refractivity (Wildman–Crippen MR) is 95.0 cm³/mol. The molecule has 8 nitrogen and oxygen atoms in total. The zero-order chi connectivity index (χ0) is 18.3. The van der Waals surface area contributed by atoms with Crippen molar-refractivity contribution in [3.63, 3.8) is 0 Å². The minimum atomic E-state index is -3.62. The van der Waals surface area contributed by atoms with Gasteiger partial charge in [0, 0.05) is 39.0 Å². The Morgan fingerprint density at radius 1 is 1.38 bits per heavy atom. The molecule has 0 unspecified atom stereocenters. The summed E-state index contributed by atoms with van der Waals surface area (Å²) < 4.78 is 34.6. The molecule has 0 amide bonds. The number of aryl methyl sites for hydroxylation is 2. The Kier molecular flexibility index (Phi) is 4.28. The largest absolute Gasteiger partial charge is 0.336 e. The van der Waals surface area contributed by atoms with E-state index in [1.165, 1.54) is 10.5 Å². The molecule has 0 saturated heterocycles. The minimum absolute atomic E-state index is 0.171. The summed E-state index contributed by atoms with van der Waals surface area (Å²) in [4.78, 5) is 8.61. The van der Waals surface area contributed by atoms with Gasteiger partial charge in [0.1, 0.15) is 10.7 Å². The summed E-state index contributed by atoms with van der Waals surface area (Å²) in [5.41, 5.74) is 1.08. The third-order valence-electron chi connectivity index (χ3n) is 4.97. The minimum Gasteiger partial charge on any atom is -0.336 e. The number of fused-ring (bicyclic) bond motifs is 2. The number of hydrogen-bond donors (Lipinski definition) is 0. The lowest BCUT2D eigenvalue weighted by Gasteiger charge is -2.27. The van der Waals surface area contributed by atoms with Crippen molar-refractivity contribution < 1.29 is 12.9 Å². The first-order valence-electron chi connectivity index (χ1n) is 8.69. The fourth-order valence-electron chi connectivity index (χ4n) is 3.48. The monoisotopic (exact) mass is 375 g/mol. The lowest BCUT2D eigenvalue weighted by Crippen LogP contribution is -2.35. The maximum atomic E-state index is 13.0. The van der Waals surface area contributed by atoms with Gasteiger partial charge in [0.25, 0.3) is 5.71 Å². The predicted octanol–water partition coefficient (Wildman–Crippen LogP) is 1.86. The molecular formula is C17H21N5O3S. The SMILES string of the molecule is CCc1noc2ncc(S(=O)(=O)N(C)C[C@H]3CCc4nccn4C3)cc12. The van der Waals surface area contributed by atoms with Gasteiger partial charge in [-0.05, 0) is 24.8 Å². The molecule has 3 aromatic rings. The molecule has 0 radical (unpaired) electrons. The van der Waals surface area contributed by atoms with Crippen LogP contribution in [0.15, 0.2) is 34.1 Å². The lowest BCUT2D eigenvalue weighted by molar-refractivity contribution is 0.303. The van der Waals surface area contributed by atoms with Gasteiger partial charge in [-0.15, -0.1) is 0 Å². The van der Waals surface area contributed by atoms with Crippen LogP contribution in [0.25, 0.3) is 11.1 Å². The van der Waals surface area contributed by atoms with Gasteiger partial charge in [0.15, 0.2) is 0 Å². The molecule has 0 N–H and O–H groups in total. The molecule has 0 saturated carbocycles. The molecule has 0 aromatic carbocycles. The van der Waals surface area contributed by atoms with Crippen molar-refractivity contribution in [2.45, 2.75) is 37.6 Å². The van der Waals surface area contributed by atoms with Crippen LogP contribution in [0.1, 0.15) is 24.9 Å². The highest BCUT2D eigenvalue weighted by molar-refractivity contribution is 7.89. The van der Waals surface area contributed by atoms with Crippen molar-refractivity contribution in [2.24, 2.45) is 5.92 Å². The number of rotatable bonds is 5. The molecule has 9 heteroatoms. The van der Waals surface area contributed by atoms with Crippen LogP contribution < -0.4 is 0 Å². The fraction of sp³-hybridized carbons (Fsp3) is 0.471. The second-order valence-electron chi connectivity index (χ2n) is 6.69. The number of imidazole rings is 1. The average Bonchev–Trinajstić information content (AvgIpc) is 3.26. The second kappa shape index (κ2) is 6.48. The summed E-state index contributed by atoms with van der Waals surface area (Å²) >= 11 is 0. The summed E-state index contributed by atoms with van der Waals surface area (Å²) in [7, 11) is -2.00. The molecule has 1 atom stereocenters. The molecule has 0 spiro atoms. The van der Waals surface area contributed by atoms with E-state index in [1.807, 2.05) is 13.1 Å². The third kappa shape index (κ3) is 2.90. The zero-order valence-electron chi connectivity index (χ0n) is 14.8. The molecule has 4 rings (SSSR count). The summed E-state index contributed by atoms with van der Waals surface area (Å²) in [6, 6.07) is 1.61. The van der Waals surface area contributed by atoms with Gasteiger partial charge >= 0.3 is 0 Å². The zero-order valence-corrected chi connectivity index (χ0v) is 15.6. The Hall–Kier alpha value is -2.26. The normalized spacial score (nSPS) is 17.7. The van der Waals surface area contributed by atoms with Crippen LogP contribution in [0.4, 0.5) is 0 Å². The van der Waals surface area contributed by atoms with Crippen LogP contribution in [0.3, 0.4) is 0 Å². The molecule has 138 valence electrons. The Balaban J connectivity index is 1.56. The van der Waals surface area contributed by atoms with Crippen LogP contribution in [0, 0.1) is 5.92 Å². The van der Waals surface area contributed by atoms with Gasteiger partial charge in [-0.1, -0.05) is 12.1 Å². The van der Waals surface area contributed by atoms with Crippen molar-refractivity contribution in [3.05, 3.63) is 36.2 Å².